The number of rotatable bonds is 6. The van der Waals surface area contributed by atoms with E-state index in [9.17, 15) is 23.2 Å². The number of nitrogens with zero attached hydrogens (tertiary/aromatic N) is 1. The van der Waals surface area contributed by atoms with Crippen molar-refractivity contribution in [2.24, 2.45) is 5.92 Å². The Morgan fingerprint density at radius 2 is 1.90 bits per heavy atom. The van der Waals surface area contributed by atoms with Gasteiger partial charge in [0, 0.05) is 24.7 Å². The molecule has 158 valence electrons. The molecule has 1 heterocycles. The number of hydrogen-bond acceptors (Lipinski definition) is 4. The lowest BCUT2D eigenvalue weighted by Crippen LogP contribution is -2.33. The van der Waals surface area contributed by atoms with Crippen LogP contribution < -0.4 is 10.2 Å². The summed E-state index contributed by atoms with van der Waals surface area (Å²) in [5, 5.41) is 2.19. The van der Waals surface area contributed by atoms with E-state index >= 15 is 0 Å². The first-order valence-electron chi connectivity index (χ1n) is 9.64. The molecule has 0 aliphatic carbocycles. The lowest BCUT2D eigenvalue weighted by atomic mass is 10.1. The minimum absolute atomic E-state index is 0.0266. The van der Waals surface area contributed by atoms with Crippen LogP contribution >= 0.6 is 0 Å². The lowest BCUT2D eigenvalue weighted by Gasteiger charge is -2.18. The third-order valence-electron chi connectivity index (χ3n) is 4.96. The second-order valence-electron chi connectivity index (χ2n) is 7.12. The van der Waals surface area contributed by atoms with Crippen LogP contribution in [0, 0.1) is 17.6 Å². The molecule has 1 saturated heterocycles. The Hall–Kier alpha value is -3.29. The minimum Gasteiger partial charge on any atom is -0.452 e. The summed E-state index contributed by atoms with van der Waals surface area (Å²) in [7, 11) is 0. The lowest BCUT2D eigenvalue weighted by molar-refractivity contribution is -0.157. The third kappa shape index (κ3) is 4.82. The molecule has 0 saturated carbocycles. The van der Waals surface area contributed by atoms with Gasteiger partial charge >= 0.3 is 5.97 Å². The Morgan fingerprint density at radius 1 is 1.20 bits per heavy atom. The zero-order valence-corrected chi connectivity index (χ0v) is 16.7. The van der Waals surface area contributed by atoms with Gasteiger partial charge in [0.2, 0.25) is 5.91 Å². The van der Waals surface area contributed by atoms with Crippen LogP contribution in [0.4, 0.5) is 20.2 Å². The molecule has 1 aliphatic heterocycles. The quantitative estimate of drug-likeness (QED) is 0.732. The largest absolute Gasteiger partial charge is 0.452 e. The van der Waals surface area contributed by atoms with E-state index < -0.39 is 35.5 Å². The van der Waals surface area contributed by atoms with Crippen molar-refractivity contribution in [1.82, 2.24) is 0 Å². The van der Waals surface area contributed by atoms with Crippen molar-refractivity contribution in [2.75, 3.05) is 16.8 Å². The highest BCUT2D eigenvalue weighted by molar-refractivity contribution is 6.00. The van der Waals surface area contributed by atoms with Crippen LogP contribution in [0.15, 0.2) is 42.5 Å². The first-order chi connectivity index (χ1) is 14.3. The topological polar surface area (TPSA) is 75.7 Å². The third-order valence-corrected chi connectivity index (χ3v) is 4.96. The van der Waals surface area contributed by atoms with Gasteiger partial charge in [-0.25, -0.2) is 8.78 Å². The molecule has 0 spiro atoms. The van der Waals surface area contributed by atoms with Crippen molar-refractivity contribution in [1.29, 1.82) is 0 Å². The van der Waals surface area contributed by atoms with E-state index in [0.29, 0.717) is 5.69 Å². The van der Waals surface area contributed by atoms with Gasteiger partial charge in [-0.3, -0.25) is 14.4 Å². The van der Waals surface area contributed by atoms with Crippen LogP contribution in [-0.2, 0) is 25.5 Å². The van der Waals surface area contributed by atoms with Crippen molar-refractivity contribution >= 4 is 29.2 Å². The summed E-state index contributed by atoms with van der Waals surface area (Å²) in [4.78, 5) is 38.5. The molecular weight excluding hydrogens is 394 g/mol. The predicted molar refractivity (Wildman–Crippen MR) is 107 cm³/mol. The van der Waals surface area contributed by atoms with E-state index in [1.165, 1.54) is 11.8 Å². The van der Waals surface area contributed by atoms with Crippen LogP contribution in [0.25, 0.3) is 0 Å². The summed E-state index contributed by atoms with van der Waals surface area (Å²) in [6, 6.07) is 10.1. The van der Waals surface area contributed by atoms with E-state index in [4.69, 9.17) is 4.74 Å². The fourth-order valence-corrected chi connectivity index (χ4v) is 3.18. The summed E-state index contributed by atoms with van der Waals surface area (Å²) in [5.41, 5.74) is 1.48. The summed E-state index contributed by atoms with van der Waals surface area (Å²) < 4.78 is 32.1. The first kappa shape index (κ1) is 21.4. The van der Waals surface area contributed by atoms with Crippen LogP contribution in [-0.4, -0.2) is 30.4 Å². The average Bonchev–Trinajstić information content (AvgIpc) is 3.12. The van der Waals surface area contributed by atoms with Crippen molar-refractivity contribution in [2.45, 2.75) is 32.8 Å². The highest BCUT2D eigenvalue weighted by atomic mass is 19.1. The number of carbonyl (C=O) groups excluding carboxylic acids is 3. The van der Waals surface area contributed by atoms with Crippen LogP contribution in [0.3, 0.4) is 0 Å². The van der Waals surface area contributed by atoms with Gasteiger partial charge in [-0.1, -0.05) is 19.1 Å². The van der Waals surface area contributed by atoms with E-state index in [1.54, 1.807) is 0 Å². The van der Waals surface area contributed by atoms with Gasteiger partial charge in [-0.05, 0) is 43.2 Å². The van der Waals surface area contributed by atoms with Crippen molar-refractivity contribution in [3.8, 4) is 0 Å². The average molecular weight is 416 g/mol. The first-order valence-corrected chi connectivity index (χ1v) is 9.64. The molecule has 2 atom stereocenters. The molecule has 1 N–H and O–H groups in total. The Morgan fingerprint density at radius 3 is 2.57 bits per heavy atom. The molecule has 0 unspecified atom stereocenters. The van der Waals surface area contributed by atoms with Crippen molar-refractivity contribution < 1.29 is 27.9 Å². The van der Waals surface area contributed by atoms with E-state index in [1.807, 2.05) is 31.2 Å². The van der Waals surface area contributed by atoms with Gasteiger partial charge in [0.05, 0.1) is 11.6 Å². The Bertz CT molecular complexity index is 962. The number of benzene rings is 2. The Labute approximate surface area is 172 Å². The number of nitrogens with one attached hydrogen (secondary N) is 1. The molecule has 3 rings (SSSR count). The fraction of sp³-hybridized carbons (Fsp3) is 0.318. The maximum atomic E-state index is 13.7. The molecule has 2 aromatic carbocycles. The van der Waals surface area contributed by atoms with Gasteiger partial charge in [0.1, 0.15) is 11.6 Å². The molecule has 2 amide bonds. The second-order valence-corrected chi connectivity index (χ2v) is 7.12. The molecule has 30 heavy (non-hydrogen) atoms. The van der Waals surface area contributed by atoms with Gasteiger partial charge in [-0.2, -0.15) is 0 Å². The second kappa shape index (κ2) is 9.02. The molecule has 8 heteroatoms. The summed E-state index contributed by atoms with van der Waals surface area (Å²) in [6.45, 7) is 3.50. The molecular formula is C22H22F2N2O4. The molecule has 6 nitrogen and oxygen atoms in total. The van der Waals surface area contributed by atoms with Gasteiger partial charge < -0.3 is 15.0 Å². The van der Waals surface area contributed by atoms with Crippen LogP contribution in [0.5, 0.6) is 0 Å². The number of carbonyl (C=O) groups is 3. The van der Waals surface area contributed by atoms with Gasteiger partial charge in [-0.15, -0.1) is 0 Å². The van der Waals surface area contributed by atoms with E-state index in [0.717, 1.165) is 30.2 Å². The maximum absolute atomic E-state index is 13.7. The van der Waals surface area contributed by atoms with Crippen molar-refractivity contribution in [3.05, 3.63) is 59.7 Å². The maximum Gasteiger partial charge on any atom is 0.312 e. The summed E-state index contributed by atoms with van der Waals surface area (Å²) >= 11 is 0. The molecule has 0 bridgehead atoms. The zero-order valence-electron chi connectivity index (χ0n) is 16.7. The highest BCUT2D eigenvalue weighted by Crippen LogP contribution is 2.26. The molecule has 2 aromatic rings. The standard InChI is InChI=1S/C22H22F2N2O4/c1-3-14-4-7-17(8-5-14)26-12-15(10-20(26)27)22(29)30-13(2)21(28)25-19-11-16(23)6-9-18(19)24/h4-9,11,13,15H,3,10,12H2,1-2H3,(H,25,28)/t13-,15-/m1/s1. The molecule has 0 radical (unpaired) electrons. The summed E-state index contributed by atoms with van der Waals surface area (Å²) in [5.74, 6) is -3.95. The fourth-order valence-electron chi connectivity index (χ4n) is 3.18. The Balaban J connectivity index is 1.59. The Kier molecular flexibility index (Phi) is 6.44. The molecule has 1 fully saturated rings. The molecule has 0 aromatic heterocycles. The number of hydrogen-bond donors (Lipinski definition) is 1. The number of halogens is 2. The smallest absolute Gasteiger partial charge is 0.312 e. The predicted octanol–water partition coefficient (Wildman–Crippen LogP) is 3.45. The van der Waals surface area contributed by atoms with Gasteiger partial charge in [0.15, 0.2) is 6.10 Å². The number of anilines is 2. The van der Waals surface area contributed by atoms with E-state index in [2.05, 4.69) is 5.32 Å². The van der Waals surface area contributed by atoms with Crippen molar-refractivity contribution in [3.63, 3.8) is 0 Å². The molecule has 1 aliphatic rings. The van der Waals surface area contributed by atoms with Crippen LogP contribution in [0.2, 0.25) is 0 Å². The van der Waals surface area contributed by atoms with Crippen LogP contribution in [0.1, 0.15) is 25.8 Å². The number of aryl methyl sites for hydroxylation is 1. The zero-order chi connectivity index (χ0) is 21.8. The summed E-state index contributed by atoms with van der Waals surface area (Å²) in [6.07, 6.45) is -0.391. The van der Waals surface area contributed by atoms with Gasteiger partial charge in [0.25, 0.3) is 5.91 Å². The number of esters is 1. The monoisotopic (exact) mass is 416 g/mol. The normalized spacial score (nSPS) is 17.0. The number of ether oxygens (including phenoxy) is 1. The van der Waals surface area contributed by atoms with E-state index in [-0.39, 0.29) is 24.6 Å². The highest BCUT2D eigenvalue weighted by Gasteiger charge is 2.37. The minimum atomic E-state index is -1.24. The number of amides is 2. The SMILES string of the molecule is CCc1ccc(N2C[C@H](C(=O)O[C@H](C)C(=O)Nc3cc(F)ccc3F)CC2=O)cc1.